The van der Waals surface area contributed by atoms with Gasteiger partial charge < -0.3 is 15.2 Å². The van der Waals surface area contributed by atoms with E-state index in [1.54, 1.807) is 6.07 Å². The fourth-order valence-electron chi connectivity index (χ4n) is 1.57. The van der Waals surface area contributed by atoms with Gasteiger partial charge in [-0.15, -0.1) is 0 Å². The number of nitrogens with one attached hydrogen (secondary N) is 1. The summed E-state index contributed by atoms with van der Waals surface area (Å²) < 4.78 is 5.03. The minimum Gasteiger partial charge on any atom is -0.496 e. The first-order valence-corrected chi connectivity index (χ1v) is 6.15. The Balaban J connectivity index is 2.67. The molecule has 0 saturated carbocycles. The molecule has 1 aromatic rings. The number of hydrogen-bond acceptors (Lipinski definition) is 5. The molecule has 2 N–H and O–H groups in total. The molecule has 0 bridgehead atoms. The van der Waals surface area contributed by atoms with E-state index >= 15 is 0 Å². The predicted octanol–water partition coefficient (Wildman–Crippen LogP) is 1.71. The molecule has 106 valence electrons. The van der Waals surface area contributed by atoms with E-state index in [9.17, 15) is 15.2 Å². The van der Waals surface area contributed by atoms with E-state index in [2.05, 4.69) is 5.32 Å². The van der Waals surface area contributed by atoms with Crippen LogP contribution in [-0.4, -0.2) is 29.8 Å². The highest BCUT2D eigenvalue weighted by Crippen LogP contribution is 2.22. The number of nitrogens with zero attached hydrogens (tertiary/aromatic N) is 1. The topological polar surface area (TPSA) is 84.6 Å². The van der Waals surface area contributed by atoms with Gasteiger partial charge in [0.05, 0.1) is 24.2 Å². The van der Waals surface area contributed by atoms with Crippen LogP contribution < -0.4 is 10.1 Å². The van der Waals surface area contributed by atoms with Crippen molar-refractivity contribution in [1.82, 2.24) is 5.32 Å². The summed E-state index contributed by atoms with van der Waals surface area (Å²) >= 11 is 0. The molecule has 1 unspecified atom stereocenters. The zero-order chi connectivity index (χ0) is 14.4. The number of non-ortho nitro benzene ring substituents is 1. The molecule has 0 aliphatic carbocycles. The van der Waals surface area contributed by atoms with Crippen LogP contribution in [0.2, 0.25) is 0 Å². The molecule has 0 spiro atoms. The fourth-order valence-corrected chi connectivity index (χ4v) is 1.57. The Hall–Kier alpha value is -1.66. The molecule has 6 heteroatoms. The Morgan fingerprint density at radius 2 is 2.11 bits per heavy atom. The maximum Gasteiger partial charge on any atom is 0.273 e. The van der Waals surface area contributed by atoms with Crippen molar-refractivity contribution in [3.8, 4) is 5.75 Å². The van der Waals surface area contributed by atoms with Gasteiger partial charge in [0, 0.05) is 19.2 Å². The molecule has 1 rings (SSSR count). The van der Waals surface area contributed by atoms with Crippen LogP contribution in [0.25, 0.3) is 0 Å². The molecule has 6 nitrogen and oxygen atoms in total. The van der Waals surface area contributed by atoms with Gasteiger partial charge >= 0.3 is 0 Å². The average Bonchev–Trinajstić information content (AvgIpc) is 2.37. The van der Waals surface area contributed by atoms with E-state index in [-0.39, 0.29) is 11.6 Å². The number of aliphatic hydroxyl groups is 1. The van der Waals surface area contributed by atoms with Gasteiger partial charge in [-0.2, -0.15) is 0 Å². The summed E-state index contributed by atoms with van der Waals surface area (Å²) in [7, 11) is 1.47. The van der Waals surface area contributed by atoms with Crippen LogP contribution in [0.4, 0.5) is 5.69 Å². The quantitative estimate of drug-likeness (QED) is 0.581. The third-order valence-electron chi connectivity index (χ3n) is 2.85. The van der Waals surface area contributed by atoms with Crippen molar-refractivity contribution in [2.24, 2.45) is 5.92 Å². The molecule has 0 aliphatic heterocycles. The number of benzene rings is 1. The normalized spacial score (nSPS) is 12.5. The summed E-state index contributed by atoms with van der Waals surface area (Å²) in [6, 6.07) is 4.62. The first-order valence-electron chi connectivity index (χ1n) is 6.15. The summed E-state index contributed by atoms with van der Waals surface area (Å²) in [5.41, 5.74) is 0.752. The van der Waals surface area contributed by atoms with Gasteiger partial charge in [-0.3, -0.25) is 10.1 Å². The van der Waals surface area contributed by atoms with Gasteiger partial charge in [0.15, 0.2) is 0 Å². The molecule has 1 aromatic carbocycles. The highest BCUT2D eigenvalue weighted by Gasteiger charge is 2.11. The number of ether oxygens (including phenoxy) is 1. The van der Waals surface area contributed by atoms with Crippen molar-refractivity contribution in [2.75, 3.05) is 13.7 Å². The third kappa shape index (κ3) is 4.84. The minimum atomic E-state index is -0.449. The van der Waals surface area contributed by atoms with Crippen LogP contribution in [0, 0.1) is 16.0 Å². The summed E-state index contributed by atoms with van der Waals surface area (Å²) in [6.07, 6.45) is -0.430. The Morgan fingerprint density at radius 3 is 2.63 bits per heavy atom. The van der Waals surface area contributed by atoms with Crippen LogP contribution in [0.5, 0.6) is 5.75 Å². The van der Waals surface area contributed by atoms with E-state index in [0.717, 1.165) is 5.56 Å². The molecule has 0 aromatic heterocycles. The van der Waals surface area contributed by atoms with Gasteiger partial charge in [0.2, 0.25) is 0 Å². The molecule has 0 saturated heterocycles. The third-order valence-corrected chi connectivity index (χ3v) is 2.85. The van der Waals surface area contributed by atoms with Crippen molar-refractivity contribution in [1.29, 1.82) is 0 Å². The van der Waals surface area contributed by atoms with Crippen molar-refractivity contribution < 1.29 is 14.8 Å². The number of nitro groups is 1. The first-order chi connectivity index (χ1) is 8.93. The Labute approximate surface area is 112 Å². The van der Waals surface area contributed by atoms with Crippen LogP contribution >= 0.6 is 0 Å². The fraction of sp³-hybridized carbons (Fsp3) is 0.538. The summed E-state index contributed by atoms with van der Waals surface area (Å²) in [5.74, 6) is 0.627. The SMILES string of the molecule is COc1cc(CNCC(O)C(C)C)cc([N+](=O)[O-])c1. The molecule has 19 heavy (non-hydrogen) atoms. The number of methoxy groups -OCH3 is 1. The van der Waals surface area contributed by atoms with Gasteiger partial charge in [-0.25, -0.2) is 0 Å². The molecule has 0 amide bonds. The van der Waals surface area contributed by atoms with Gasteiger partial charge in [0.1, 0.15) is 5.75 Å². The summed E-state index contributed by atoms with van der Waals surface area (Å²) in [4.78, 5) is 10.3. The second-order valence-electron chi connectivity index (χ2n) is 4.74. The highest BCUT2D eigenvalue weighted by molar-refractivity contribution is 5.42. The minimum absolute atomic E-state index is 0.000517. The highest BCUT2D eigenvalue weighted by atomic mass is 16.6. The number of aliphatic hydroxyl groups excluding tert-OH is 1. The molecule has 1 atom stereocenters. The molecule has 0 fully saturated rings. The van der Waals surface area contributed by atoms with Crippen LogP contribution in [0.1, 0.15) is 19.4 Å². The molecular weight excluding hydrogens is 248 g/mol. The van der Waals surface area contributed by atoms with E-state index in [0.29, 0.717) is 18.8 Å². The number of rotatable bonds is 7. The smallest absolute Gasteiger partial charge is 0.273 e. The average molecular weight is 268 g/mol. The van der Waals surface area contributed by atoms with E-state index < -0.39 is 11.0 Å². The Morgan fingerprint density at radius 1 is 1.42 bits per heavy atom. The lowest BCUT2D eigenvalue weighted by atomic mass is 10.1. The van der Waals surface area contributed by atoms with Crippen LogP contribution in [0.15, 0.2) is 18.2 Å². The number of nitro benzene ring substituents is 1. The van der Waals surface area contributed by atoms with Crippen LogP contribution in [0.3, 0.4) is 0 Å². The zero-order valence-electron chi connectivity index (χ0n) is 11.4. The van der Waals surface area contributed by atoms with Crippen molar-refractivity contribution in [3.05, 3.63) is 33.9 Å². The first kappa shape index (κ1) is 15.4. The van der Waals surface area contributed by atoms with Crippen molar-refractivity contribution in [2.45, 2.75) is 26.5 Å². The standard InChI is InChI=1S/C13H20N2O4/c1-9(2)13(16)8-14-7-10-4-11(15(17)18)6-12(5-10)19-3/h4-6,9,13-14,16H,7-8H2,1-3H3. The second kappa shape index (κ2) is 7.06. The Kier molecular flexibility index (Phi) is 5.72. The van der Waals surface area contributed by atoms with E-state index in [1.807, 2.05) is 13.8 Å². The predicted molar refractivity (Wildman–Crippen MR) is 72.2 cm³/mol. The van der Waals surface area contributed by atoms with Gasteiger partial charge in [-0.1, -0.05) is 13.8 Å². The van der Waals surface area contributed by atoms with Crippen LogP contribution in [-0.2, 0) is 6.54 Å². The molecule has 0 heterocycles. The van der Waals surface area contributed by atoms with Crippen molar-refractivity contribution in [3.63, 3.8) is 0 Å². The maximum atomic E-state index is 10.8. The lowest BCUT2D eigenvalue weighted by Gasteiger charge is -2.15. The van der Waals surface area contributed by atoms with E-state index in [4.69, 9.17) is 4.74 Å². The maximum absolute atomic E-state index is 10.8. The summed E-state index contributed by atoms with van der Waals surface area (Å²) in [5, 5.41) is 23.5. The second-order valence-corrected chi connectivity index (χ2v) is 4.74. The molecule has 0 aliphatic rings. The monoisotopic (exact) mass is 268 g/mol. The largest absolute Gasteiger partial charge is 0.496 e. The van der Waals surface area contributed by atoms with E-state index in [1.165, 1.54) is 19.2 Å². The zero-order valence-corrected chi connectivity index (χ0v) is 11.4. The lowest BCUT2D eigenvalue weighted by molar-refractivity contribution is -0.385. The lowest BCUT2D eigenvalue weighted by Crippen LogP contribution is -2.30. The summed E-state index contributed by atoms with van der Waals surface area (Å²) in [6.45, 7) is 4.76. The van der Waals surface area contributed by atoms with Gasteiger partial charge in [-0.05, 0) is 17.5 Å². The van der Waals surface area contributed by atoms with Crippen molar-refractivity contribution >= 4 is 5.69 Å². The Bertz CT molecular complexity index is 435. The van der Waals surface area contributed by atoms with Gasteiger partial charge in [0.25, 0.3) is 5.69 Å². The molecule has 0 radical (unpaired) electrons. The molecular formula is C13H20N2O4. The number of hydrogen-bond donors (Lipinski definition) is 2.